The molecule has 31 heavy (non-hydrogen) atoms. The van der Waals surface area contributed by atoms with Crippen molar-refractivity contribution >= 4 is 11.0 Å². The van der Waals surface area contributed by atoms with Gasteiger partial charge in [-0.3, -0.25) is 9.36 Å². The second-order valence-corrected chi connectivity index (χ2v) is 7.70. The highest BCUT2D eigenvalue weighted by Crippen LogP contribution is 2.29. The summed E-state index contributed by atoms with van der Waals surface area (Å²) in [6, 6.07) is 7.80. The van der Waals surface area contributed by atoms with Crippen LogP contribution < -0.4 is 10.3 Å². The number of nitrogens with zero attached hydrogens (tertiary/aromatic N) is 5. The molecule has 5 rings (SSSR count). The van der Waals surface area contributed by atoms with E-state index in [0.717, 1.165) is 29.9 Å². The van der Waals surface area contributed by atoms with Gasteiger partial charge in [-0.2, -0.15) is 10.1 Å². The highest BCUT2D eigenvalue weighted by molar-refractivity contribution is 5.74. The Morgan fingerprint density at radius 1 is 1.10 bits per heavy atom. The predicted molar refractivity (Wildman–Crippen MR) is 113 cm³/mol. The first-order chi connectivity index (χ1) is 15.0. The van der Waals surface area contributed by atoms with Crippen LogP contribution in [0.5, 0.6) is 11.8 Å². The zero-order valence-electron chi connectivity index (χ0n) is 17.7. The van der Waals surface area contributed by atoms with Gasteiger partial charge in [-0.15, -0.1) is 0 Å². The van der Waals surface area contributed by atoms with Crippen LogP contribution in [0.1, 0.15) is 30.5 Å². The van der Waals surface area contributed by atoms with E-state index in [1.807, 2.05) is 42.8 Å². The average Bonchev–Trinajstić information content (AvgIpc) is 3.35. The van der Waals surface area contributed by atoms with E-state index in [4.69, 9.17) is 13.9 Å². The van der Waals surface area contributed by atoms with Gasteiger partial charge in [0.2, 0.25) is 0 Å². The van der Waals surface area contributed by atoms with Crippen LogP contribution in [0.4, 0.5) is 0 Å². The average molecular weight is 421 g/mol. The number of fused-ring (bicyclic) bond motifs is 1. The molecule has 0 unspecified atom stereocenters. The van der Waals surface area contributed by atoms with E-state index in [0.29, 0.717) is 35.9 Å². The lowest BCUT2D eigenvalue weighted by molar-refractivity contribution is 0.0673. The Kier molecular flexibility index (Phi) is 4.82. The number of rotatable bonds is 4. The molecule has 1 saturated heterocycles. The van der Waals surface area contributed by atoms with Crippen molar-refractivity contribution in [2.45, 2.75) is 32.7 Å². The van der Waals surface area contributed by atoms with Gasteiger partial charge in [0.1, 0.15) is 11.1 Å². The maximum atomic E-state index is 12.9. The molecule has 0 atom stereocenters. The van der Waals surface area contributed by atoms with E-state index in [1.54, 1.807) is 13.2 Å². The van der Waals surface area contributed by atoms with Crippen LogP contribution in [0.2, 0.25) is 0 Å². The molecular formula is C22H23N5O4. The van der Waals surface area contributed by atoms with Crippen LogP contribution in [0.3, 0.4) is 0 Å². The quantitative estimate of drug-likeness (QED) is 0.497. The smallest absolute Gasteiger partial charge is 0.306 e. The van der Waals surface area contributed by atoms with Crippen LogP contribution in [-0.4, -0.2) is 37.5 Å². The standard InChI is InChI=1S/C22H23N5O4/c1-13-19(30-14(2)24-13)15-4-6-17(7-5-15)31-22-25-20-18(21(28)26(22)3)12-23-27(20)16-8-10-29-11-9-16/h4-7,12,16H,8-11H2,1-3H3. The molecule has 3 aromatic heterocycles. The summed E-state index contributed by atoms with van der Waals surface area (Å²) in [5.41, 5.74) is 2.08. The number of oxazole rings is 1. The first-order valence-corrected chi connectivity index (χ1v) is 10.3. The van der Waals surface area contributed by atoms with Gasteiger partial charge in [0.05, 0.1) is 17.9 Å². The fraction of sp³-hybridized carbons (Fsp3) is 0.364. The molecule has 4 aromatic rings. The number of benzene rings is 1. The lowest BCUT2D eigenvalue weighted by Crippen LogP contribution is -2.23. The molecule has 1 aromatic carbocycles. The largest absolute Gasteiger partial charge is 0.441 e. The molecule has 0 saturated carbocycles. The molecule has 9 nitrogen and oxygen atoms in total. The minimum absolute atomic E-state index is 0.159. The SMILES string of the molecule is Cc1nc(C)c(-c2ccc(Oc3nc4c(cnn4C4CCOCC4)c(=O)n3C)cc2)o1. The lowest BCUT2D eigenvalue weighted by Gasteiger charge is -2.22. The maximum Gasteiger partial charge on any atom is 0.306 e. The van der Waals surface area contributed by atoms with Gasteiger partial charge in [0.15, 0.2) is 17.3 Å². The maximum absolute atomic E-state index is 12.9. The molecule has 0 radical (unpaired) electrons. The van der Waals surface area contributed by atoms with Gasteiger partial charge in [-0.05, 0) is 44.0 Å². The van der Waals surface area contributed by atoms with Gasteiger partial charge in [0.25, 0.3) is 5.56 Å². The predicted octanol–water partition coefficient (Wildman–Crippen LogP) is 3.55. The summed E-state index contributed by atoms with van der Waals surface area (Å²) in [4.78, 5) is 21.8. The summed E-state index contributed by atoms with van der Waals surface area (Å²) in [7, 11) is 1.64. The van der Waals surface area contributed by atoms with E-state index < -0.39 is 0 Å². The first-order valence-electron chi connectivity index (χ1n) is 10.3. The Bertz CT molecular complexity index is 1300. The number of aryl methyl sites for hydroxylation is 2. The molecule has 1 aliphatic heterocycles. The summed E-state index contributed by atoms with van der Waals surface area (Å²) >= 11 is 0. The zero-order chi connectivity index (χ0) is 21.5. The number of aromatic nitrogens is 5. The highest BCUT2D eigenvalue weighted by atomic mass is 16.5. The summed E-state index contributed by atoms with van der Waals surface area (Å²) in [6.07, 6.45) is 3.26. The Labute approximate surface area is 178 Å². The van der Waals surface area contributed by atoms with Gasteiger partial charge in [0, 0.05) is 32.7 Å². The third kappa shape index (κ3) is 3.50. The Morgan fingerprint density at radius 2 is 1.84 bits per heavy atom. The summed E-state index contributed by atoms with van der Waals surface area (Å²) < 4.78 is 20.3. The van der Waals surface area contributed by atoms with Crippen molar-refractivity contribution in [3.8, 4) is 23.1 Å². The summed E-state index contributed by atoms with van der Waals surface area (Å²) in [5.74, 6) is 1.93. The van der Waals surface area contributed by atoms with Crippen molar-refractivity contribution in [1.29, 1.82) is 0 Å². The molecule has 9 heteroatoms. The van der Waals surface area contributed by atoms with Crippen molar-refractivity contribution in [3.63, 3.8) is 0 Å². The minimum Gasteiger partial charge on any atom is -0.441 e. The number of ether oxygens (including phenoxy) is 2. The van der Waals surface area contributed by atoms with E-state index in [-0.39, 0.29) is 17.6 Å². The van der Waals surface area contributed by atoms with Crippen molar-refractivity contribution in [2.75, 3.05) is 13.2 Å². The Balaban J connectivity index is 1.48. The fourth-order valence-electron chi connectivity index (χ4n) is 3.92. The van der Waals surface area contributed by atoms with Crippen molar-refractivity contribution in [3.05, 3.63) is 52.4 Å². The van der Waals surface area contributed by atoms with Gasteiger partial charge in [-0.25, -0.2) is 9.67 Å². The topological polar surface area (TPSA) is 97.2 Å². The molecule has 1 aliphatic rings. The molecule has 0 bridgehead atoms. The molecule has 160 valence electrons. The molecule has 1 fully saturated rings. The van der Waals surface area contributed by atoms with Crippen molar-refractivity contribution in [2.24, 2.45) is 7.05 Å². The van der Waals surface area contributed by atoms with Gasteiger partial charge < -0.3 is 13.9 Å². The highest BCUT2D eigenvalue weighted by Gasteiger charge is 2.22. The molecule has 0 amide bonds. The number of hydrogen-bond acceptors (Lipinski definition) is 7. The van der Waals surface area contributed by atoms with Crippen LogP contribution in [0.15, 0.2) is 39.7 Å². The van der Waals surface area contributed by atoms with Gasteiger partial charge in [-0.1, -0.05) is 0 Å². The minimum atomic E-state index is -0.192. The number of hydrogen-bond donors (Lipinski definition) is 0. The van der Waals surface area contributed by atoms with Crippen molar-refractivity contribution in [1.82, 2.24) is 24.3 Å². The summed E-state index contributed by atoms with van der Waals surface area (Å²) in [6.45, 7) is 5.08. The molecule has 0 N–H and O–H groups in total. The Morgan fingerprint density at radius 3 is 2.52 bits per heavy atom. The van der Waals surface area contributed by atoms with Crippen molar-refractivity contribution < 1.29 is 13.9 Å². The lowest BCUT2D eigenvalue weighted by atomic mass is 10.1. The first kappa shape index (κ1) is 19.5. The summed E-state index contributed by atoms with van der Waals surface area (Å²) in [5, 5.41) is 4.92. The monoisotopic (exact) mass is 421 g/mol. The van der Waals surface area contributed by atoms with Crippen LogP contribution in [0, 0.1) is 13.8 Å². The second kappa shape index (κ2) is 7.66. The normalized spacial score (nSPS) is 14.9. The van der Waals surface area contributed by atoms with Crippen LogP contribution in [-0.2, 0) is 11.8 Å². The fourth-order valence-corrected chi connectivity index (χ4v) is 3.92. The van der Waals surface area contributed by atoms with E-state index in [9.17, 15) is 4.79 Å². The van der Waals surface area contributed by atoms with E-state index in [2.05, 4.69) is 15.1 Å². The third-order valence-electron chi connectivity index (χ3n) is 5.56. The van der Waals surface area contributed by atoms with E-state index >= 15 is 0 Å². The van der Waals surface area contributed by atoms with Gasteiger partial charge >= 0.3 is 6.01 Å². The van der Waals surface area contributed by atoms with Crippen LogP contribution in [0.25, 0.3) is 22.4 Å². The van der Waals surface area contributed by atoms with E-state index in [1.165, 1.54) is 4.57 Å². The Hall–Kier alpha value is -3.46. The molecule has 0 spiro atoms. The molecular weight excluding hydrogens is 398 g/mol. The third-order valence-corrected chi connectivity index (χ3v) is 5.56. The van der Waals surface area contributed by atoms with Crippen LogP contribution >= 0.6 is 0 Å². The molecule has 4 heterocycles. The second-order valence-electron chi connectivity index (χ2n) is 7.70. The zero-order valence-corrected chi connectivity index (χ0v) is 17.7. The molecule has 0 aliphatic carbocycles.